The minimum Gasteiger partial charge on any atom is -0.299 e. The Morgan fingerprint density at radius 1 is 1.39 bits per heavy atom. The van der Waals surface area contributed by atoms with E-state index in [0.717, 1.165) is 44.8 Å². The van der Waals surface area contributed by atoms with Crippen molar-refractivity contribution in [3.8, 4) is 0 Å². The van der Waals surface area contributed by atoms with Gasteiger partial charge in [0.05, 0.1) is 12.2 Å². The van der Waals surface area contributed by atoms with Crippen LogP contribution < -0.4 is 0 Å². The number of nitrogens with zero attached hydrogens (tertiary/aromatic N) is 4. The molecular formula is C13H20N4O. The molecule has 3 aliphatic heterocycles. The van der Waals surface area contributed by atoms with Crippen molar-refractivity contribution < 1.29 is 4.79 Å². The van der Waals surface area contributed by atoms with Crippen LogP contribution in [0.3, 0.4) is 0 Å². The van der Waals surface area contributed by atoms with E-state index in [1.54, 1.807) is 0 Å². The molecule has 1 aromatic heterocycles. The summed E-state index contributed by atoms with van der Waals surface area (Å²) in [6.07, 6.45) is 4.32. The molecule has 4 heterocycles. The lowest BCUT2D eigenvalue weighted by atomic mass is 10.00. The van der Waals surface area contributed by atoms with Gasteiger partial charge >= 0.3 is 0 Å². The average molecular weight is 248 g/mol. The van der Waals surface area contributed by atoms with Crippen molar-refractivity contribution >= 4 is 5.78 Å². The van der Waals surface area contributed by atoms with Gasteiger partial charge in [-0.3, -0.25) is 19.3 Å². The predicted octanol–water partition coefficient (Wildman–Crippen LogP) is 0.0144. The van der Waals surface area contributed by atoms with Gasteiger partial charge in [0.1, 0.15) is 0 Å². The Labute approximate surface area is 107 Å². The zero-order valence-corrected chi connectivity index (χ0v) is 10.9. The Morgan fingerprint density at radius 2 is 2.17 bits per heavy atom. The van der Waals surface area contributed by atoms with E-state index >= 15 is 0 Å². The zero-order chi connectivity index (χ0) is 12.5. The van der Waals surface area contributed by atoms with Crippen molar-refractivity contribution in [2.24, 2.45) is 0 Å². The maximum Gasteiger partial charge on any atom is 0.155 e. The minimum atomic E-state index is 0.109. The first-order chi connectivity index (χ1) is 8.76. The highest BCUT2D eigenvalue weighted by Crippen LogP contribution is 2.17. The Balaban J connectivity index is 1.64. The molecule has 3 aliphatic rings. The van der Waals surface area contributed by atoms with E-state index in [0.29, 0.717) is 12.2 Å². The highest BCUT2D eigenvalue weighted by molar-refractivity contribution is 5.86. The second-order valence-electron chi connectivity index (χ2n) is 5.20. The van der Waals surface area contributed by atoms with Crippen LogP contribution in [0.1, 0.15) is 12.5 Å². The summed E-state index contributed by atoms with van der Waals surface area (Å²) < 4.78 is 1.87. The van der Waals surface area contributed by atoms with Crippen LogP contribution in [0.2, 0.25) is 0 Å². The molecule has 0 aromatic carbocycles. The van der Waals surface area contributed by atoms with Gasteiger partial charge in [0.2, 0.25) is 0 Å². The molecule has 18 heavy (non-hydrogen) atoms. The first kappa shape index (κ1) is 11.9. The van der Waals surface area contributed by atoms with Crippen molar-refractivity contribution in [1.82, 2.24) is 19.6 Å². The lowest BCUT2D eigenvalue weighted by molar-refractivity contribution is -0.128. The molecule has 3 fully saturated rings. The molecule has 0 aliphatic carbocycles. The number of carbonyl (C=O) groups excluding carboxylic acids is 1. The maximum atomic E-state index is 12.3. The largest absolute Gasteiger partial charge is 0.299 e. The smallest absolute Gasteiger partial charge is 0.155 e. The van der Waals surface area contributed by atoms with Crippen LogP contribution in [0.25, 0.3) is 0 Å². The fraction of sp³-hybridized carbons (Fsp3) is 0.692. The molecule has 0 amide bonds. The van der Waals surface area contributed by atoms with E-state index in [1.807, 2.05) is 17.1 Å². The van der Waals surface area contributed by atoms with Crippen molar-refractivity contribution in [2.75, 3.05) is 32.7 Å². The topological polar surface area (TPSA) is 41.4 Å². The van der Waals surface area contributed by atoms with Gasteiger partial charge in [-0.15, -0.1) is 0 Å². The van der Waals surface area contributed by atoms with Gasteiger partial charge in [-0.25, -0.2) is 0 Å². The molecule has 1 aromatic rings. The SMILES string of the molecule is CCn1cc(CC(=O)C2CN3CCN2CC3)cn1. The van der Waals surface area contributed by atoms with Gasteiger partial charge in [-0.2, -0.15) is 5.10 Å². The lowest BCUT2D eigenvalue weighted by Gasteiger charge is -2.46. The van der Waals surface area contributed by atoms with Gasteiger partial charge in [0, 0.05) is 51.9 Å². The van der Waals surface area contributed by atoms with Gasteiger partial charge in [-0.1, -0.05) is 0 Å². The lowest BCUT2D eigenvalue weighted by Crippen LogP contribution is -2.63. The summed E-state index contributed by atoms with van der Waals surface area (Å²) in [5, 5.41) is 4.22. The second kappa shape index (κ2) is 4.82. The molecule has 1 atom stereocenters. The molecule has 3 saturated heterocycles. The van der Waals surface area contributed by atoms with Crippen LogP contribution in [-0.4, -0.2) is 64.1 Å². The van der Waals surface area contributed by atoms with Crippen molar-refractivity contribution in [3.05, 3.63) is 18.0 Å². The number of piperazine rings is 3. The van der Waals surface area contributed by atoms with E-state index in [4.69, 9.17) is 0 Å². The number of aromatic nitrogens is 2. The second-order valence-corrected chi connectivity index (χ2v) is 5.20. The van der Waals surface area contributed by atoms with Crippen LogP contribution in [0, 0.1) is 0 Å². The van der Waals surface area contributed by atoms with Gasteiger partial charge < -0.3 is 0 Å². The Bertz CT molecular complexity index is 434. The number of rotatable bonds is 4. The fourth-order valence-electron chi connectivity index (χ4n) is 2.91. The summed E-state index contributed by atoms with van der Waals surface area (Å²) in [4.78, 5) is 17.1. The number of carbonyl (C=O) groups is 1. The minimum absolute atomic E-state index is 0.109. The average Bonchev–Trinajstić information content (AvgIpc) is 2.87. The molecule has 5 heteroatoms. The molecule has 0 saturated carbocycles. The predicted molar refractivity (Wildman–Crippen MR) is 68.4 cm³/mol. The molecule has 5 nitrogen and oxygen atoms in total. The molecule has 0 N–H and O–H groups in total. The third kappa shape index (κ3) is 2.20. The normalized spacial score (nSPS) is 30.6. The van der Waals surface area contributed by atoms with Crippen LogP contribution in [0.5, 0.6) is 0 Å². The highest BCUT2D eigenvalue weighted by Gasteiger charge is 2.35. The van der Waals surface area contributed by atoms with Gasteiger partial charge in [-0.05, 0) is 12.5 Å². The Morgan fingerprint density at radius 3 is 2.72 bits per heavy atom. The molecule has 2 bridgehead atoms. The number of hydrogen-bond acceptors (Lipinski definition) is 4. The third-order valence-corrected chi connectivity index (χ3v) is 4.04. The zero-order valence-electron chi connectivity index (χ0n) is 10.9. The van der Waals surface area contributed by atoms with Crippen molar-refractivity contribution in [1.29, 1.82) is 0 Å². The first-order valence-corrected chi connectivity index (χ1v) is 6.76. The molecule has 98 valence electrons. The number of hydrogen-bond donors (Lipinski definition) is 0. The number of ketones is 1. The molecular weight excluding hydrogens is 228 g/mol. The summed E-state index contributed by atoms with van der Waals surface area (Å²) in [6.45, 7) is 8.17. The maximum absolute atomic E-state index is 12.3. The third-order valence-electron chi connectivity index (χ3n) is 4.04. The van der Waals surface area contributed by atoms with E-state index in [9.17, 15) is 4.79 Å². The van der Waals surface area contributed by atoms with Crippen LogP contribution in [0.4, 0.5) is 0 Å². The van der Waals surface area contributed by atoms with E-state index in [2.05, 4.69) is 21.8 Å². The van der Waals surface area contributed by atoms with E-state index in [-0.39, 0.29) is 6.04 Å². The number of aryl methyl sites for hydroxylation is 1. The summed E-state index contributed by atoms with van der Waals surface area (Å²) in [7, 11) is 0. The molecule has 4 rings (SSSR count). The van der Waals surface area contributed by atoms with Crippen molar-refractivity contribution in [2.45, 2.75) is 25.9 Å². The Hall–Kier alpha value is -1.20. The quantitative estimate of drug-likeness (QED) is 0.753. The molecule has 0 radical (unpaired) electrons. The fourth-order valence-corrected chi connectivity index (χ4v) is 2.91. The highest BCUT2D eigenvalue weighted by atomic mass is 16.1. The summed E-state index contributed by atoms with van der Waals surface area (Å²) in [5.41, 5.74) is 1.04. The van der Waals surface area contributed by atoms with Crippen LogP contribution >= 0.6 is 0 Å². The number of fused-ring (bicyclic) bond motifs is 3. The monoisotopic (exact) mass is 248 g/mol. The molecule has 0 spiro atoms. The first-order valence-electron chi connectivity index (χ1n) is 6.76. The number of Topliss-reactive ketones (excluding diaryl/α,β-unsaturated/α-hetero) is 1. The van der Waals surface area contributed by atoms with Crippen molar-refractivity contribution in [3.63, 3.8) is 0 Å². The summed E-state index contributed by atoms with van der Waals surface area (Å²) in [5.74, 6) is 0.343. The Kier molecular flexibility index (Phi) is 3.18. The summed E-state index contributed by atoms with van der Waals surface area (Å²) in [6, 6.07) is 0.109. The van der Waals surface area contributed by atoms with Crippen LogP contribution in [-0.2, 0) is 17.8 Å². The van der Waals surface area contributed by atoms with Gasteiger partial charge in [0.25, 0.3) is 0 Å². The van der Waals surface area contributed by atoms with Gasteiger partial charge in [0.15, 0.2) is 5.78 Å². The summed E-state index contributed by atoms with van der Waals surface area (Å²) >= 11 is 0. The standard InChI is InChI=1S/C13H20N4O/c1-2-17-9-11(8-14-17)7-13(18)12-10-15-3-5-16(12)6-4-15/h8-9,12H,2-7,10H2,1H3. The molecule has 1 unspecified atom stereocenters. The van der Waals surface area contributed by atoms with E-state index in [1.165, 1.54) is 0 Å². The van der Waals surface area contributed by atoms with Crippen LogP contribution in [0.15, 0.2) is 12.4 Å². The van der Waals surface area contributed by atoms with E-state index < -0.39 is 0 Å².